The normalized spacial score (nSPS) is 13.3. The maximum atomic E-state index is 13.2. The number of fused-ring (bicyclic) bond motifs is 1. The summed E-state index contributed by atoms with van der Waals surface area (Å²) in [4.78, 5) is 25.4. The standard InChI is InChI=1S/C20H25BrN2O5/c1-4-26-9-10-27-20(25)28-19-17(16-13(2)11-15(21)12-14(16)3)18(24)22-7-5-6-8-23(19)22/h11-12H,4-10H2,1-3H3. The molecule has 7 nitrogen and oxygen atoms in total. The molecule has 0 unspecified atom stereocenters. The molecule has 0 saturated carbocycles. The minimum absolute atomic E-state index is 0.100. The number of aryl methyl sites for hydroxylation is 2. The van der Waals surface area contributed by atoms with Crippen LogP contribution in [0, 0.1) is 13.8 Å². The molecular weight excluding hydrogens is 428 g/mol. The van der Waals surface area contributed by atoms with E-state index in [-0.39, 0.29) is 18.0 Å². The van der Waals surface area contributed by atoms with Crippen LogP contribution in [0.1, 0.15) is 30.9 Å². The number of hydrogen-bond acceptors (Lipinski definition) is 5. The lowest BCUT2D eigenvalue weighted by Crippen LogP contribution is -2.28. The van der Waals surface area contributed by atoms with Crippen LogP contribution in [-0.4, -0.2) is 35.3 Å². The summed E-state index contributed by atoms with van der Waals surface area (Å²) in [5.74, 6) is 0.250. The highest BCUT2D eigenvalue weighted by Crippen LogP contribution is 2.35. The molecule has 0 radical (unpaired) electrons. The lowest BCUT2D eigenvalue weighted by Gasteiger charge is -2.19. The number of carbonyl (C=O) groups is 1. The van der Waals surface area contributed by atoms with Crippen molar-refractivity contribution in [3.8, 4) is 17.0 Å². The number of rotatable bonds is 6. The molecule has 3 rings (SSSR count). The van der Waals surface area contributed by atoms with E-state index in [9.17, 15) is 9.59 Å². The van der Waals surface area contributed by atoms with Crippen LogP contribution in [0.4, 0.5) is 4.79 Å². The molecule has 0 spiro atoms. The molecule has 28 heavy (non-hydrogen) atoms. The first-order valence-electron chi connectivity index (χ1n) is 9.47. The molecule has 8 heteroatoms. The number of hydrogen-bond donors (Lipinski definition) is 0. The van der Waals surface area contributed by atoms with Crippen molar-refractivity contribution in [2.45, 2.75) is 46.7 Å². The largest absolute Gasteiger partial charge is 0.515 e. The van der Waals surface area contributed by atoms with E-state index >= 15 is 0 Å². The number of ether oxygens (including phenoxy) is 3. The molecule has 2 aromatic rings. The molecule has 0 fully saturated rings. The van der Waals surface area contributed by atoms with Crippen molar-refractivity contribution in [1.82, 2.24) is 9.36 Å². The highest BCUT2D eigenvalue weighted by atomic mass is 79.9. The molecule has 0 bridgehead atoms. The molecule has 1 aliphatic heterocycles. The van der Waals surface area contributed by atoms with E-state index in [0.29, 0.717) is 31.9 Å². The third-order valence-electron chi connectivity index (χ3n) is 4.76. The van der Waals surface area contributed by atoms with Crippen LogP contribution in [0.25, 0.3) is 11.1 Å². The van der Waals surface area contributed by atoms with Gasteiger partial charge in [0.1, 0.15) is 12.2 Å². The molecular formula is C20H25BrN2O5. The van der Waals surface area contributed by atoms with Gasteiger partial charge in [-0.2, -0.15) is 0 Å². The quantitative estimate of drug-likeness (QED) is 0.488. The fraction of sp³-hybridized carbons (Fsp3) is 0.500. The summed E-state index contributed by atoms with van der Waals surface area (Å²) in [5, 5.41) is 0. The first-order chi connectivity index (χ1) is 13.4. The van der Waals surface area contributed by atoms with Gasteiger partial charge in [-0.1, -0.05) is 15.9 Å². The van der Waals surface area contributed by atoms with Gasteiger partial charge in [-0.3, -0.25) is 9.48 Å². The second-order valence-electron chi connectivity index (χ2n) is 6.75. The van der Waals surface area contributed by atoms with Gasteiger partial charge in [0.2, 0.25) is 5.88 Å². The van der Waals surface area contributed by atoms with Crippen molar-refractivity contribution < 1.29 is 19.0 Å². The zero-order valence-electron chi connectivity index (χ0n) is 16.4. The molecule has 0 N–H and O–H groups in total. The Hall–Kier alpha value is -2.06. The van der Waals surface area contributed by atoms with Gasteiger partial charge in [0.05, 0.1) is 6.61 Å². The molecule has 1 aromatic carbocycles. The van der Waals surface area contributed by atoms with Crippen LogP contribution in [0.3, 0.4) is 0 Å². The maximum absolute atomic E-state index is 13.2. The monoisotopic (exact) mass is 452 g/mol. The Balaban J connectivity index is 2.02. The second kappa shape index (κ2) is 8.96. The summed E-state index contributed by atoms with van der Waals surface area (Å²) < 4.78 is 20.2. The van der Waals surface area contributed by atoms with Crippen LogP contribution in [0.2, 0.25) is 0 Å². The minimum Gasteiger partial charge on any atom is -0.431 e. The summed E-state index contributed by atoms with van der Waals surface area (Å²) >= 11 is 3.49. The highest BCUT2D eigenvalue weighted by Gasteiger charge is 2.28. The third kappa shape index (κ3) is 4.17. The zero-order chi connectivity index (χ0) is 20.3. The van der Waals surface area contributed by atoms with Crippen molar-refractivity contribution >= 4 is 22.1 Å². The first-order valence-corrected chi connectivity index (χ1v) is 10.3. The fourth-order valence-corrected chi connectivity index (χ4v) is 4.28. The van der Waals surface area contributed by atoms with Gasteiger partial charge in [0.15, 0.2) is 0 Å². The molecule has 1 aliphatic rings. The summed E-state index contributed by atoms with van der Waals surface area (Å²) in [6.45, 7) is 7.92. The van der Waals surface area contributed by atoms with Crippen LogP contribution in [0.5, 0.6) is 5.88 Å². The Kier molecular flexibility index (Phi) is 6.61. The average molecular weight is 453 g/mol. The predicted octanol–water partition coefficient (Wildman–Crippen LogP) is 4.04. The Morgan fingerprint density at radius 2 is 1.71 bits per heavy atom. The third-order valence-corrected chi connectivity index (χ3v) is 5.21. The number of carbonyl (C=O) groups excluding carboxylic acids is 1. The Labute approximate surface area is 172 Å². The lowest BCUT2D eigenvalue weighted by atomic mass is 9.97. The number of benzene rings is 1. The van der Waals surface area contributed by atoms with E-state index < -0.39 is 6.16 Å². The summed E-state index contributed by atoms with van der Waals surface area (Å²) in [6, 6.07) is 3.90. The maximum Gasteiger partial charge on any atom is 0.515 e. The van der Waals surface area contributed by atoms with Gasteiger partial charge in [-0.15, -0.1) is 0 Å². The smallest absolute Gasteiger partial charge is 0.431 e. The Morgan fingerprint density at radius 1 is 1.07 bits per heavy atom. The van der Waals surface area contributed by atoms with Crippen LogP contribution >= 0.6 is 15.9 Å². The summed E-state index contributed by atoms with van der Waals surface area (Å²) in [7, 11) is 0. The fourth-order valence-electron chi connectivity index (χ4n) is 3.60. The molecule has 0 aliphatic carbocycles. The van der Waals surface area contributed by atoms with Gasteiger partial charge in [-0.25, -0.2) is 9.48 Å². The van der Waals surface area contributed by atoms with Crippen LogP contribution in [0.15, 0.2) is 21.4 Å². The Morgan fingerprint density at radius 3 is 2.36 bits per heavy atom. The lowest BCUT2D eigenvalue weighted by molar-refractivity contribution is 0.0537. The van der Waals surface area contributed by atoms with Crippen molar-refractivity contribution in [2.75, 3.05) is 19.8 Å². The molecule has 152 valence electrons. The van der Waals surface area contributed by atoms with Crippen LogP contribution in [-0.2, 0) is 22.6 Å². The predicted molar refractivity (Wildman–Crippen MR) is 109 cm³/mol. The minimum atomic E-state index is -0.833. The van der Waals surface area contributed by atoms with Gasteiger partial charge in [-0.05, 0) is 62.4 Å². The van der Waals surface area contributed by atoms with E-state index in [1.807, 2.05) is 32.9 Å². The summed E-state index contributed by atoms with van der Waals surface area (Å²) in [6.07, 6.45) is 1.00. The molecule has 0 atom stereocenters. The zero-order valence-corrected chi connectivity index (χ0v) is 18.0. The van der Waals surface area contributed by atoms with E-state index in [4.69, 9.17) is 14.2 Å². The van der Waals surface area contributed by atoms with Gasteiger partial charge in [0, 0.05) is 24.2 Å². The Bertz CT molecular complexity index is 908. The molecule has 1 aromatic heterocycles. The van der Waals surface area contributed by atoms with Crippen molar-refractivity contribution in [1.29, 1.82) is 0 Å². The van der Waals surface area contributed by atoms with Gasteiger partial charge in [0.25, 0.3) is 5.56 Å². The number of nitrogens with zero attached hydrogens (tertiary/aromatic N) is 2. The van der Waals surface area contributed by atoms with Crippen molar-refractivity contribution in [2.24, 2.45) is 0 Å². The average Bonchev–Trinajstić information content (AvgIpc) is 2.91. The SMILES string of the molecule is CCOCCOC(=O)Oc1c(-c2c(C)cc(Br)cc2C)c(=O)n2n1CCCC2. The molecule has 0 amide bonds. The van der Waals surface area contributed by atoms with E-state index in [2.05, 4.69) is 15.9 Å². The highest BCUT2D eigenvalue weighted by molar-refractivity contribution is 9.10. The van der Waals surface area contributed by atoms with Crippen LogP contribution < -0.4 is 10.3 Å². The number of halogens is 1. The van der Waals surface area contributed by atoms with Crippen molar-refractivity contribution in [3.63, 3.8) is 0 Å². The van der Waals surface area contributed by atoms with Gasteiger partial charge < -0.3 is 14.2 Å². The van der Waals surface area contributed by atoms with E-state index in [1.165, 1.54) is 0 Å². The summed E-state index contributed by atoms with van der Waals surface area (Å²) in [5.41, 5.74) is 2.92. The van der Waals surface area contributed by atoms with Crippen molar-refractivity contribution in [3.05, 3.63) is 38.1 Å². The van der Waals surface area contributed by atoms with Gasteiger partial charge >= 0.3 is 6.16 Å². The van der Waals surface area contributed by atoms with E-state index in [1.54, 1.807) is 9.36 Å². The second-order valence-corrected chi connectivity index (χ2v) is 7.67. The molecule has 0 saturated heterocycles. The molecule has 2 heterocycles. The topological polar surface area (TPSA) is 71.7 Å². The first kappa shape index (κ1) is 20.7. The van der Waals surface area contributed by atoms with E-state index in [0.717, 1.165) is 34.0 Å². The number of aromatic nitrogens is 2.